The fraction of sp³-hybridized carbons (Fsp3) is 0.0526. The minimum Gasteiger partial charge on any atom is -0.363 e. The van der Waals surface area contributed by atoms with E-state index in [1.165, 1.54) is 65.9 Å². The molecular formula is C38H28N2. The van der Waals surface area contributed by atoms with Gasteiger partial charge in [0.1, 0.15) is 0 Å². The molecule has 1 aromatic heterocycles. The quantitative estimate of drug-likeness (QED) is 0.229. The molecule has 0 fully saturated rings. The van der Waals surface area contributed by atoms with Crippen molar-refractivity contribution in [3.8, 4) is 0 Å². The molecule has 0 spiro atoms. The van der Waals surface area contributed by atoms with E-state index in [2.05, 4.69) is 162 Å². The van der Waals surface area contributed by atoms with Gasteiger partial charge < -0.3 is 9.47 Å². The lowest BCUT2D eigenvalue weighted by atomic mass is 9.97. The van der Waals surface area contributed by atoms with E-state index in [-0.39, 0.29) is 6.04 Å². The van der Waals surface area contributed by atoms with Gasteiger partial charge in [-0.3, -0.25) is 0 Å². The first-order valence-corrected chi connectivity index (χ1v) is 13.9. The first-order valence-electron chi connectivity index (χ1n) is 13.9. The summed E-state index contributed by atoms with van der Waals surface area (Å²) in [5.41, 5.74) is 7.36. The molecule has 8 rings (SSSR count). The third-order valence-corrected chi connectivity index (χ3v) is 8.40. The van der Waals surface area contributed by atoms with Crippen molar-refractivity contribution < 1.29 is 0 Å². The molecule has 2 nitrogen and oxygen atoms in total. The van der Waals surface area contributed by atoms with Crippen molar-refractivity contribution in [1.29, 1.82) is 0 Å². The van der Waals surface area contributed by atoms with E-state index in [9.17, 15) is 0 Å². The van der Waals surface area contributed by atoms with Gasteiger partial charge in [-0.25, -0.2) is 0 Å². The molecule has 0 radical (unpaired) electrons. The van der Waals surface area contributed by atoms with Gasteiger partial charge in [0.25, 0.3) is 0 Å². The summed E-state index contributed by atoms with van der Waals surface area (Å²) in [7, 11) is 2.21. The van der Waals surface area contributed by atoms with E-state index < -0.39 is 0 Å². The van der Waals surface area contributed by atoms with E-state index >= 15 is 0 Å². The lowest BCUT2D eigenvalue weighted by Crippen LogP contribution is -2.25. The Morgan fingerprint density at radius 2 is 1.20 bits per heavy atom. The molecule has 0 N–H and O–H groups in total. The molecule has 0 aliphatic carbocycles. The fourth-order valence-corrected chi connectivity index (χ4v) is 6.47. The molecule has 1 aliphatic rings. The molecule has 0 amide bonds. The van der Waals surface area contributed by atoms with Crippen LogP contribution < -0.4 is 0 Å². The Bertz CT molecular complexity index is 2110. The molecule has 40 heavy (non-hydrogen) atoms. The topological polar surface area (TPSA) is 8.17 Å². The zero-order chi connectivity index (χ0) is 26.6. The van der Waals surface area contributed by atoms with Crippen LogP contribution in [0, 0.1) is 0 Å². The van der Waals surface area contributed by atoms with E-state index in [1.807, 2.05) is 0 Å². The standard InChI is InChI=1S/C38H28N2/c1-39-35(27-13-4-2-5-14-27)24-31(25-36(39)28-15-6-3-7-16-28)40-34-21-20-26-12-10-11-19-32(26)38(34)33-22-29-17-8-9-18-30(29)23-37(33)40/h2-25,35H,1H3. The molecule has 1 aliphatic heterocycles. The minimum absolute atomic E-state index is 0.102. The Morgan fingerprint density at radius 1 is 0.550 bits per heavy atom. The second kappa shape index (κ2) is 9.00. The second-order valence-corrected chi connectivity index (χ2v) is 10.7. The van der Waals surface area contributed by atoms with Gasteiger partial charge in [-0.2, -0.15) is 0 Å². The second-order valence-electron chi connectivity index (χ2n) is 10.7. The van der Waals surface area contributed by atoms with Crippen LogP contribution in [0.25, 0.3) is 54.7 Å². The van der Waals surface area contributed by atoms with Crippen LogP contribution in [0.1, 0.15) is 17.2 Å². The molecule has 7 aromatic rings. The van der Waals surface area contributed by atoms with Crippen LogP contribution in [0.5, 0.6) is 0 Å². The largest absolute Gasteiger partial charge is 0.363 e. The van der Waals surface area contributed by atoms with Crippen molar-refractivity contribution in [3.63, 3.8) is 0 Å². The molecule has 0 bridgehead atoms. The maximum absolute atomic E-state index is 2.48. The van der Waals surface area contributed by atoms with Crippen molar-refractivity contribution in [2.75, 3.05) is 7.05 Å². The summed E-state index contributed by atoms with van der Waals surface area (Å²) in [4.78, 5) is 2.40. The lowest BCUT2D eigenvalue weighted by molar-refractivity contribution is 0.412. The molecule has 190 valence electrons. The Balaban J connectivity index is 1.49. The number of aromatic nitrogens is 1. The average Bonchev–Trinajstić information content (AvgIpc) is 3.34. The van der Waals surface area contributed by atoms with Crippen molar-refractivity contribution in [1.82, 2.24) is 9.47 Å². The highest BCUT2D eigenvalue weighted by molar-refractivity contribution is 6.23. The number of nitrogens with zero attached hydrogens (tertiary/aromatic N) is 2. The normalized spacial score (nSPS) is 15.6. The van der Waals surface area contributed by atoms with E-state index in [1.54, 1.807) is 0 Å². The minimum atomic E-state index is 0.102. The molecule has 1 atom stereocenters. The fourth-order valence-electron chi connectivity index (χ4n) is 6.47. The maximum Gasteiger partial charge on any atom is 0.0746 e. The third-order valence-electron chi connectivity index (χ3n) is 8.40. The first-order chi connectivity index (χ1) is 19.8. The summed E-state index contributed by atoms with van der Waals surface area (Å²) in [5.74, 6) is 0. The lowest BCUT2D eigenvalue weighted by Gasteiger charge is -2.35. The van der Waals surface area contributed by atoms with Gasteiger partial charge in [0.05, 0.1) is 17.1 Å². The van der Waals surface area contributed by atoms with Crippen molar-refractivity contribution in [2.45, 2.75) is 6.04 Å². The summed E-state index contributed by atoms with van der Waals surface area (Å²) in [6, 6.07) is 48.4. The summed E-state index contributed by atoms with van der Waals surface area (Å²) in [6.07, 6.45) is 4.78. The van der Waals surface area contributed by atoms with E-state index in [0.29, 0.717) is 0 Å². The van der Waals surface area contributed by atoms with Gasteiger partial charge in [-0.15, -0.1) is 0 Å². The van der Waals surface area contributed by atoms with Gasteiger partial charge in [-0.05, 0) is 63.0 Å². The first kappa shape index (κ1) is 22.9. The van der Waals surface area contributed by atoms with Gasteiger partial charge in [0, 0.05) is 29.2 Å². The monoisotopic (exact) mass is 512 g/mol. The maximum atomic E-state index is 2.48. The molecule has 1 unspecified atom stereocenters. The predicted octanol–water partition coefficient (Wildman–Crippen LogP) is 9.67. The number of fused-ring (bicyclic) bond motifs is 6. The van der Waals surface area contributed by atoms with Crippen LogP contribution in [0.2, 0.25) is 0 Å². The zero-order valence-electron chi connectivity index (χ0n) is 22.3. The predicted molar refractivity (Wildman–Crippen MR) is 170 cm³/mol. The Labute approximate surface area is 233 Å². The average molecular weight is 513 g/mol. The van der Waals surface area contributed by atoms with E-state index in [0.717, 1.165) is 0 Å². The third kappa shape index (κ3) is 3.50. The molecule has 2 heterocycles. The van der Waals surface area contributed by atoms with Gasteiger partial charge in [-0.1, -0.05) is 115 Å². The number of allylic oxidation sites excluding steroid dienone is 2. The highest BCUT2D eigenvalue weighted by Gasteiger charge is 2.26. The number of hydrogen-bond donors (Lipinski definition) is 0. The number of hydrogen-bond acceptors (Lipinski definition) is 1. The van der Waals surface area contributed by atoms with Crippen molar-refractivity contribution in [3.05, 3.63) is 157 Å². The van der Waals surface area contributed by atoms with Gasteiger partial charge in [0.2, 0.25) is 0 Å². The molecule has 2 heteroatoms. The summed E-state index contributed by atoms with van der Waals surface area (Å²) in [5, 5.41) is 7.67. The smallest absolute Gasteiger partial charge is 0.0746 e. The van der Waals surface area contributed by atoms with Crippen LogP contribution >= 0.6 is 0 Å². The SMILES string of the molecule is CN1C(c2ccccc2)=CC(n2c3cc4ccccc4cc3c3c4ccccc4ccc32)=CC1c1ccccc1. The van der Waals surface area contributed by atoms with Gasteiger partial charge >= 0.3 is 0 Å². The summed E-state index contributed by atoms with van der Waals surface area (Å²) >= 11 is 0. The highest BCUT2D eigenvalue weighted by Crippen LogP contribution is 2.42. The summed E-state index contributed by atoms with van der Waals surface area (Å²) in [6.45, 7) is 0. The van der Waals surface area contributed by atoms with Crippen molar-refractivity contribution in [2.24, 2.45) is 0 Å². The molecule has 0 saturated carbocycles. The highest BCUT2D eigenvalue weighted by atomic mass is 15.2. The van der Waals surface area contributed by atoms with E-state index in [4.69, 9.17) is 0 Å². The zero-order valence-corrected chi connectivity index (χ0v) is 22.3. The summed E-state index contributed by atoms with van der Waals surface area (Å²) < 4.78 is 2.48. The number of likely N-dealkylation sites (N-methyl/N-ethyl adjacent to an activating group) is 1. The molecule has 0 saturated heterocycles. The Kier molecular flexibility index (Phi) is 5.14. The number of rotatable bonds is 3. The van der Waals surface area contributed by atoms with Crippen LogP contribution in [0.4, 0.5) is 0 Å². The van der Waals surface area contributed by atoms with Crippen LogP contribution in [0.3, 0.4) is 0 Å². The van der Waals surface area contributed by atoms with Crippen LogP contribution in [-0.2, 0) is 0 Å². The number of benzene rings is 6. The molecule has 6 aromatic carbocycles. The molecular weight excluding hydrogens is 484 g/mol. The van der Waals surface area contributed by atoms with Crippen LogP contribution in [-0.4, -0.2) is 16.5 Å². The Morgan fingerprint density at radius 3 is 1.98 bits per heavy atom. The van der Waals surface area contributed by atoms with Crippen LogP contribution in [0.15, 0.2) is 146 Å². The van der Waals surface area contributed by atoms with Crippen molar-refractivity contribution >= 4 is 54.7 Å². The Hall–Kier alpha value is -5.08. The van der Waals surface area contributed by atoms with Gasteiger partial charge in [0.15, 0.2) is 0 Å².